The zero-order chi connectivity index (χ0) is 23.1. The summed E-state index contributed by atoms with van der Waals surface area (Å²) in [5.41, 5.74) is 6.27. The number of aryl methyl sites for hydroxylation is 1. The van der Waals surface area contributed by atoms with Gasteiger partial charge in [-0.15, -0.1) is 0 Å². The van der Waals surface area contributed by atoms with Gasteiger partial charge >= 0.3 is 0 Å². The highest BCUT2D eigenvalue weighted by molar-refractivity contribution is 7.50. The molecule has 3 nitrogen and oxygen atoms in total. The van der Waals surface area contributed by atoms with E-state index in [1.54, 1.807) is 7.11 Å². The van der Waals surface area contributed by atoms with Crippen molar-refractivity contribution in [2.24, 2.45) is 5.41 Å². The maximum Gasteiger partial charge on any atom is 0.120 e. The normalized spacial score (nSPS) is 12.4. The van der Waals surface area contributed by atoms with Crippen molar-refractivity contribution < 1.29 is 14.4 Å². The third-order valence-corrected chi connectivity index (χ3v) is 6.17. The Kier molecular flexibility index (Phi) is 8.34. The minimum atomic E-state index is -0.868. The summed E-state index contributed by atoms with van der Waals surface area (Å²) in [6.07, 6.45) is 2.67. The summed E-state index contributed by atoms with van der Waals surface area (Å²) < 4.78 is 11.6. The Morgan fingerprint density at radius 3 is 2.34 bits per heavy atom. The van der Waals surface area contributed by atoms with Crippen LogP contribution in [-0.4, -0.2) is 24.8 Å². The average Bonchev–Trinajstić information content (AvgIpc) is 2.75. The molecule has 0 spiro atoms. The summed E-state index contributed by atoms with van der Waals surface area (Å²) in [5, 5.41) is 0. The van der Waals surface area contributed by atoms with Gasteiger partial charge in [0.25, 0.3) is 0 Å². The van der Waals surface area contributed by atoms with Crippen molar-refractivity contribution in [3.05, 3.63) is 83.4 Å². The van der Waals surface area contributed by atoms with Crippen molar-refractivity contribution in [2.75, 3.05) is 19.9 Å². The zero-order valence-electron chi connectivity index (χ0n) is 19.9. The summed E-state index contributed by atoms with van der Waals surface area (Å²) in [6.45, 7) is 9.22. The highest BCUT2D eigenvalue weighted by atomic mass is 31.1. The minimum Gasteiger partial charge on any atom is -0.497 e. The highest BCUT2D eigenvalue weighted by Gasteiger charge is 2.16. The van der Waals surface area contributed by atoms with Gasteiger partial charge in [-0.3, -0.25) is 0 Å². The van der Waals surface area contributed by atoms with Crippen LogP contribution in [0.3, 0.4) is 0 Å². The Morgan fingerprint density at radius 2 is 1.62 bits per heavy atom. The number of hydrogen-bond donors (Lipinski definition) is 1. The molecule has 1 N–H and O–H groups in total. The van der Waals surface area contributed by atoms with E-state index in [-0.39, 0.29) is 5.41 Å². The van der Waals surface area contributed by atoms with Crippen LogP contribution in [0.4, 0.5) is 0 Å². The molecule has 3 aromatic rings. The van der Waals surface area contributed by atoms with Gasteiger partial charge in [0.1, 0.15) is 18.1 Å². The van der Waals surface area contributed by atoms with Crippen LogP contribution in [0.1, 0.15) is 37.5 Å². The lowest BCUT2D eigenvalue weighted by atomic mass is 9.84. The average molecular weight is 451 g/mol. The summed E-state index contributed by atoms with van der Waals surface area (Å²) >= 11 is 0. The number of rotatable bonds is 9. The third-order valence-electron chi connectivity index (χ3n) is 5.30. The van der Waals surface area contributed by atoms with Gasteiger partial charge in [0.05, 0.1) is 7.11 Å². The lowest BCUT2D eigenvalue weighted by molar-refractivity contribution is 0.305. The molecule has 0 fully saturated rings. The molecule has 3 rings (SSSR count). The van der Waals surface area contributed by atoms with Gasteiger partial charge < -0.3 is 14.4 Å². The van der Waals surface area contributed by atoms with Crippen LogP contribution < -0.4 is 9.47 Å². The maximum atomic E-state index is 9.60. The highest BCUT2D eigenvalue weighted by Crippen LogP contribution is 2.32. The SMILES string of the molecule is COc1cccc(-c2ccc(COc3cccc(CCP(C)O)c3)cc2CC(C)(C)C)c1. The van der Waals surface area contributed by atoms with Gasteiger partial charge in [0, 0.05) is 8.15 Å². The Bertz CT molecular complexity index is 1020. The van der Waals surface area contributed by atoms with Crippen LogP contribution >= 0.6 is 8.15 Å². The predicted molar refractivity (Wildman–Crippen MR) is 136 cm³/mol. The Labute approximate surface area is 194 Å². The second-order valence-corrected chi connectivity index (χ2v) is 11.3. The summed E-state index contributed by atoms with van der Waals surface area (Å²) in [7, 11) is 0.837. The molecule has 0 radical (unpaired) electrons. The van der Waals surface area contributed by atoms with Gasteiger partial charge in [0.15, 0.2) is 0 Å². The predicted octanol–water partition coefficient (Wildman–Crippen LogP) is 7.09. The summed E-state index contributed by atoms with van der Waals surface area (Å²) in [6, 6.07) is 23.1. The summed E-state index contributed by atoms with van der Waals surface area (Å²) in [4.78, 5) is 9.60. The second kappa shape index (κ2) is 11.0. The van der Waals surface area contributed by atoms with Crippen molar-refractivity contribution >= 4 is 8.15 Å². The van der Waals surface area contributed by atoms with E-state index < -0.39 is 8.15 Å². The first kappa shape index (κ1) is 24.3. The topological polar surface area (TPSA) is 38.7 Å². The molecule has 4 heteroatoms. The van der Waals surface area contributed by atoms with Crippen LogP contribution in [0.15, 0.2) is 66.7 Å². The monoisotopic (exact) mass is 450 g/mol. The molecule has 1 unspecified atom stereocenters. The van der Waals surface area contributed by atoms with Crippen molar-refractivity contribution in [3.63, 3.8) is 0 Å². The van der Waals surface area contributed by atoms with Crippen molar-refractivity contribution in [1.29, 1.82) is 0 Å². The van der Waals surface area contributed by atoms with Crippen LogP contribution in [0.25, 0.3) is 11.1 Å². The first-order valence-corrected chi connectivity index (χ1v) is 13.0. The van der Waals surface area contributed by atoms with E-state index in [0.29, 0.717) is 6.61 Å². The Morgan fingerprint density at radius 1 is 0.875 bits per heavy atom. The molecule has 0 aliphatic carbocycles. The van der Waals surface area contributed by atoms with E-state index in [0.717, 1.165) is 36.1 Å². The number of benzene rings is 3. The zero-order valence-corrected chi connectivity index (χ0v) is 20.8. The van der Waals surface area contributed by atoms with Gasteiger partial charge in [-0.1, -0.05) is 63.2 Å². The van der Waals surface area contributed by atoms with E-state index >= 15 is 0 Å². The fourth-order valence-electron chi connectivity index (χ4n) is 3.78. The summed E-state index contributed by atoms with van der Waals surface area (Å²) in [5.74, 6) is 1.74. The first-order chi connectivity index (χ1) is 15.2. The van der Waals surface area contributed by atoms with Crippen LogP contribution in [0.5, 0.6) is 11.5 Å². The molecule has 3 aromatic carbocycles. The van der Waals surface area contributed by atoms with Gasteiger partial charge in [-0.05, 0) is 83.2 Å². The number of methoxy groups -OCH3 is 1. The fraction of sp³-hybridized carbons (Fsp3) is 0.357. The molecule has 0 aliphatic heterocycles. The molecule has 0 saturated heterocycles. The quantitative estimate of drug-likeness (QED) is 0.354. The van der Waals surface area contributed by atoms with Gasteiger partial charge in [-0.25, -0.2) is 0 Å². The van der Waals surface area contributed by atoms with Crippen molar-refractivity contribution in [2.45, 2.75) is 40.2 Å². The van der Waals surface area contributed by atoms with E-state index in [1.165, 1.54) is 22.3 Å². The molecule has 0 amide bonds. The molecule has 0 saturated carbocycles. The molecule has 0 heterocycles. The van der Waals surface area contributed by atoms with Crippen LogP contribution in [-0.2, 0) is 19.4 Å². The Balaban J connectivity index is 1.80. The molecular formula is C28H35O3P. The van der Waals surface area contributed by atoms with E-state index in [4.69, 9.17) is 9.47 Å². The van der Waals surface area contributed by atoms with Gasteiger partial charge in [-0.2, -0.15) is 0 Å². The molecular weight excluding hydrogens is 415 g/mol. The van der Waals surface area contributed by atoms with Gasteiger partial charge in [0.2, 0.25) is 0 Å². The van der Waals surface area contributed by atoms with E-state index in [9.17, 15) is 4.89 Å². The second-order valence-electron chi connectivity index (χ2n) is 9.53. The molecule has 1 atom stereocenters. The molecule has 32 heavy (non-hydrogen) atoms. The van der Waals surface area contributed by atoms with Crippen molar-refractivity contribution in [3.8, 4) is 22.6 Å². The molecule has 0 aliphatic rings. The molecule has 0 aromatic heterocycles. The maximum absolute atomic E-state index is 9.60. The largest absolute Gasteiger partial charge is 0.497 e. The lowest BCUT2D eigenvalue weighted by Gasteiger charge is -2.22. The Hall–Kier alpha value is -2.35. The first-order valence-electron chi connectivity index (χ1n) is 11.1. The van der Waals surface area contributed by atoms with Crippen LogP contribution in [0.2, 0.25) is 0 Å². The van der Waals surface area contributed by atoms with Crippen molar-refractivity contribution in [1.82, 2.24) is 0 Å². The smallest absolute Gasteiger partial charge is 0.120 e. The van der Waals surface area contributed by atoms with Crippen LogP contribution in [0, 0.1) is 5.41 Å². The standard InChI is InChI=1S/C28H35O3P/c1-28(2,3)19-24-16-22(12-13-27(24)23-9-7-10-25(18-23)30-4)20-31-26-11-6-8-21(17-26)14-15-32(5)29/h6-13,16-18,29H,14-15,19-20H2,1-5H3. The lowest BCUT2D eigenvalue weighted by Crippen LogP contribution is -2.11. The number of hydrogen-bond acceptors (Lipinski definition) is 3. The number of ether oxygens (including phenoxy) is 2. The van der Waals surface area contributed by atoms with E-state index in [1.807, 2.05) is 30.9 Å². The molecule has 0 bridgehead atoms. The fourth-order valence-corrected chi connectivity index (χ4v) is 4.36. The van der Waals surface area contributed by atoms with E-state index in [2.05, 4.69) is 63.2 Å². The third kappa shape index (κ3) is 7.36. The minimum absolute atomic E-state index is 0.173. The molecule has 170 valence electrons.